The number of rotatable bonds is 8. The lowest BCUT2D eigenvalue weighted by Crippen LogP contribution is -2.61. The lowest BCUT2D eigenvalue weighted by Gasteiger charge is -2.45. The topological polar surface area (TPSA) is 86.7 Å². The summed E-state index contributed by atoms with van der Waals surface area (Å²) in [4.78, 5) is 37.4. The number of carbonyl (C=O) groups is 3. The molecule has 0 radical (unpaired) electrons. The van der Waals surface area contributed by atoms with E-state index in [-0.39, 0.29) is 34.7 Å². The molecule has 0 bridgehead atoms. The summed E-state index contributed by atoms with van der Waals surface area (Å²) in [6.45, 7) is 3.44. The van der Waals surface area contributed by atoms with E-state index in [4.69, 9.17) is 0 Å². The average Bonchev–Trinajstić information content (AvgIpc) is 2.99. The summed E-state index contributed by atoms with van der Waals surface area (Å²) >= 11 is 2.96. The van der Waals surface area contributed by atoms with Crippen LogP contribution in [0.5, 0.6) is 0 Å². The third-order valence-electron chi connectivity index (χ3n) is 4.80. The molecular formula is C20H22N2O4S2. The second kappa shape index (κ2) is 8.87. The molecule has 0 aromatic heterocycles. The van der Waals surface area contributed by atoms with Gasteiger partial charge in [-0.1, -0.05) is 49.0 Å². The normalized spacial score (nSPS) is 22.2. The molecule has 2 aliphatic heterocycles. The fourth-order valence-corrected chi connectivity index (χ4v) is 5.51. The molecule has 2 N–H and O–H groups in total. The average molecular weight is 419 g/mol. The van der Waals surface area contributed by atoms with E-state index in [1.807, 2.05) is 25.1 Å². The molecule has 0 saturated carbocycles. The summed E-state index contributed by atoms with van der Waals surface area (Å²) in [6, 6.07) is 9.98. The van der Waals surface area contributed by atoms with Gasteiger partial charge in [0, 0.05) is 35.5 Å². The first-order valence-corrected chi connectivity index (χ1v) is 10.9. The van der Waals surface area contributed by atoms with Crippen LogP contribution in [0.4, 0.5) is 0 Å². The number of amides is 2. The van der Waals surface area contributed by atoms with Crippen molar-refractivity contribution in [3.63, 3.8) is 0 Å². The molecule has 1 saturated heterocycles. The van der Waals surface area contributed by atoms with Crippen molar-refractivity contribution in [2.24, 2.45) is 5.92 Å². The van der Waals surface area contributed by atoms with Gasteiger partial charge in [0.1, 0.15) is 5.70 Å². The number of benzene rings is 1. The summed E-state index contributed by atoms with van der Waals surface area (Å²) in [7, 11) is 0. The Bertz CT molecular complexity index is 838. The van der Waals surface area contributed by atoms with Gasteiger partial charge in [-0.25, -0.2) is 4.79 Å². The van der Waals surface area contributed by atoms with E-state index < -0.39 is 5.97 Å². The molecule has 28 heavy (non-hydrogen) atoms. The predicted molar refractivity (Wildman–Crippen MR) is 111 cm³/mol. The van der Waals surface area contributed by atoms with Gasteiger partial charge < -0.3 is 15.3 Å². The minimum Gasteiger partial charge on any atom is -0.477 e. The molecule has 1 aromatic carbocycles. The Balaban J connectivity index is 1.64. The van der Waals surface area contributed by atoms with Gasteiger partial charge in [-0.2, -0.15) is 11.8 Å². The van der Waals surface area contributed by atoms with Crippen LogP contribution in [0.3, 0.4) is 0 Å². The van der Waals surface area contributed by atoms with Gasteiger partial charge in [-0.15, -0.1) is 0 Å². The standard InChI is InChI=1S/C20H22N2O4S2/c1-12(28-11-14-6-4-3-5-7-14)17-15-10-16(27-9-8-21-13(2)23)18(20(25)26)22(15)19(17)24/h3-9,12,15,17H,10-11H2,1-2H3,(H,21,23)(H,25,26)/t12?,15?,17-/m1/s1. The van der Waals surface area contributed by atoms with Crippen LogP contribution in [0.15, 0.2) is 52.5 Å². The molecule has 3 atom stereocenters. The molecule has 8 heteroatoms. The maximum atomic E-state index is 12.7. The van der Waals surface area contributed by atoms with Crippen molar-refractivity contribution in [3.8, 4) is 0 Å². The summed E-state index contributed by atoms with van der Waals surface area (Å²) < 4.78 is 0. The molecule has 2 heterocycles. The summed E-state index contributed by atoms with van der Waals surface area (Å²) in [6.07, 6.45) is 2.01. The third kappa shape index (κ3) is 4.28. The minimum absolute atomic E-state index is 0.0731. The highest BCUT2D eigenvalue weighted by Gasteiger charge is 2.56. The highest BCUT2D eigenvalue weighted by atomic mass is 32.2. The summed E-state index contributed by atoms with van der Waals surface area (Å²) in [5.41, 5.74) is 1.28. The summed E-state index contributed by atoms with van der Waals surface area (Å²) in [5, 5.41) is 13.8. The van der Waals surface area contributed by atoms with Gasteiger partial charge in [0.2, 0.25) is 11.8 Å². The Morgan fingerprint density at radius 1 is 1.36 bits per heavy atom. The number of aliphatic carboxylic acids is 1. The van der Waals surface area contributed by atoms with Crippen LogP contribution in [0.1, 0.15) is 25.8 Å². The van der Waals surface area contributed by atoms with Gasteiger partial charge >= 0.3 is 5.97 Å². The van der Waals surface area contributed by atoms with Crippen molar-refractivity contribution in [1.29, 1.82) is 0 Å². The Morgan fingerprint density at radius 3 is 2.71 bits per heavy atom. The van der Waals surface area contributed by atoms with Crippen LogP contribution < -0.4 is 5.32 Å². The number of β-lactam (4-membered cyclic amide) rings is 1. The van der Waals surface area contributed by atoms with Gasteiger partial charge in [0.05, 0.1) is 12.0 Å². The van der Waals surface area contributed by atoms with Crippen molar-refractivity contribution in [2.45, 2.75) is 37.3 Å². The van der Waals surface area contributed by atoms with Crippen molar-refractivity contribution >= 4 is 41.3 Å². The number of hydrogen-bond donors (Lipinski definition) is 2. The van der Waals surface area contributed by atoms with E-state index in [1.54, 1.807) is 17.2 Å². The highest BCUT2D eigenvalue weighted by molar-refractivity contribution is 8.05. The van der Waals surface area contributed by atoms with Crippen LogP contribution in [0.2, 0.25) is 0 Å². The number of hydrogen-bond acceptors (Lipinski definition) is 5. The van der Waals surface area contributed by atoms with Gasteiger partial charge in [0.25, 0.3) is 0 Å². The lowest BCUT2D eigenvalue weighted by atomic mass is 9.85. The SMILES string of the molecule is CC(=O)NC=CSC1=C(C(=O)O)N2C(=O)[C@H](C(C)SCc3ccccc3)C2C1. The quantitative estimate of drug-likeness (QED) is 0.631. The molecule has 0 aliphatic carbocycles. The Labute approximate surface area is 172 Å². The number of carbonyl (C=O) groups excluding carboxylic acids is 2. The van der Waals surface area contributed by atoms with E-state index in [9.17, 15) is 19.5 Å². The van der Waals surface area contributed by atoms with Crippen LogP contribution >= 0.6 is 23.5 Å². The molecule has 2 unspecified atom stereocenters. The number of carboxylic acids is 1. The van der Waals surface area contributed by atoms with E-state index in [1.165, 1.54) is 35.3 Å². The van der Waals surface area contributed by atoms with Crippen LogP contribution in [-0.4, -0.2) is 39.1 Å². The van der Waals surface area contributed by atoms with Gasteiger partial charge in [-0.3, -0.25) is 9.59 Å². The number of nitrogens with zero attached hydrogens (tertiary/aromatic N) is 1. The smallest absolute Gasteiger partial charge is 0.353 e. The van der Waals surface area contributed by atoms with Gasteiger partial charge in [0.15, 0.2) is 0 Å². The van der Waals surface area contributed by atoms with E-state index >= 15 is 0 Å². The molecule has 2 aliphatic rings. The second-order valence-electron chi connectivity index (χ2n) is 6.71. The first kappa shape index (κ1) is 20.5. The number of carboxylic acid groups (broad SMARTS) is 1. The molecule has 6 nitrogen and oxygen atoms in total. The van der Waals surface area contributed by atoms with Crippen LogP contribution in [0, 0.1) is 5.92 Å². The fraction of sp³-hybridized carbons (Fsp3) is 0.350. The zero-order valence-electron chi connectivity index (χ0n) is 15.6. The highest BCUT2D eigenvalue weighted by Crippen LogP contribution is 2.49. The Kier molecular flexibility index (Phi) is 6.51. The molecule has 1 aromatic rings. The van der Waals surface area contributed by atoms with Crippen molar-refractivity contribution in [2.75, 3.05) is 0 Å². The first-order valence-electron chi connectivity index (χ1n) is 8.94. The van der Waals surface area contributed by atoms with Crippen molar-refractivity contribution in [1.82, 2.24) is 10.2 Å². The maximum absolute atomic E-state index is 12.7. The zero-order valence-corrected chi connectivity index (χ0v) is 17.3. The van der Waals surface area contributed by atoms with Crippen molar-refractivity contribution < 1.29 is 19.5 Å². The molecule has 2 amide bonds. The summed E-state index contributed by atoms with van der Waals surface area (Å²) in [5.74, 6) is -0.760. The van der Waals surface area contributed by atoms with Crippen LogP contribution in [-0.2, 0) is 20.1 Å². The fourth-order valence-electron chi connectivity index (χ4n) is 3.50. The molecule has 3 rings (SSSR count). The predicted octanol–water partition coefficient (Wildman–Crippen LogP) is 3.18. The number of fused-ring (bicyclic) bond motifs is 1. The van der Waals surface area contributed by atoms with Gasteiger partial charge in [-0.05, 0) is 11.0 Å². The molecule has 0 spiro atoms. The van der Waals surface area contributed by atoms with Crippen molar-refractivity contribution in [3.05, 3.63) is 58.1 Å². The monoisotopic (exact) mass is 418 g/mol. The minimum atomic E-state index is -1.09. The lowest BCUT2D eigenvalue weighted by molar-refractivity contribution is -0.154. The molecule has 148 valence electrons. The molecule has 1 fully saturated rings. The maximum Gasteiger partial charge on any atom is 0.353 e. The Hall–Kier alpha value is -2.19. The molecular weight excluding hydrogens is 396 g/mol. The van der Waals surface area contributed by atoms with Crippen LogP contribution in [0.25, 0.3) is 0 Å². The van der Waals surface area contributed by atoms with E-state index in [2.05, 4.69) is 17.4 Å². The largest absolute Gasteiger partial charge is 0.477 e. The number of thioether (sulfide) groups is 2. The second-order valence-corrected chi connectivity index (χ2v) is 9.07. The van der Waals surface area contributed by atoms with E-state index in [0.717, 1.165) is 5.75 Å². The zero-order chi connectivity index (χ0) is 20.3. The number of nitrogens with one attached hydrogen (secondary N) is 1. The first-order chi connectivity index (χ1) is 13.4. The Morgan fingerprint density at radius 2 is 2.07 bits per heavy atom. The van der Waals surface area contributed by atoms with E-state index in [0.29, 0.717) is 11.3 Å². The third-order valence-corrected chi connectivity index (χ3v) is 7.03.